The van der Waals surface area contributed by atoms with E-state index < -0.39 is 5.60 Å². The molecule has 1 aliphatic rings. The Balaban J connectivity index is 2.34. The molecule has 0 aromatic carbocycles. The van der Waals surface area contributed by atoms with Gasteiger partial charge in [-0.2, -0.15) is 0 Å². The molecule has 0 aliphatic carbocycles. The monoisotopic (exact) mass is 314 g/mol. The van der Waals surface area contributed by atoms with Crippen LogP contribution in [0.3, 0.4) is 0 Å². The van der Waals surface area contributed by atoms with Crippen LogP contribution < -0.4 is 0 Å². The van der Waals surface area contributed by atoms with Crippen molar-refractivity contribution in [1.82, 2.24) is 9.80 Å². The minimum Gasteiger partial charge on any atom is -0.469 e. The first-order chi connectivity index (χ1) is 10.1. The van der Waals surface area contributed by atoms with Crippen molar-refractivity contribution in [2.45, 2.75) is 39.2 Å². The number of carbonyl (C=O) groups excluding carboxylic acids is 3. The van der Waals surface area contributed by atoms with Gasteiger partial charge >= 0.3 is 12.1 Å². The van der Waals surface area contributed by atoms with Crippen molar-refractivity contribution in [1.29, 1.82) is 0 Å². The van der Waals surface area contributed by atoms with Gasteiger partial charge in [-0.05, 0) is 27.2 Å². The molecular weight excluding hydrogens is 288 g/mol. The molecule has 0 radical (unpaired) electrons. The maximum Gasteiger partial charge on any atom is 0.410 e. The van der Waals surface area contributed by atoms with Gasteiger partial charge in [0.2, 0.25) is 5.91 Å². The molecule has 1 rings (SSSR count). The molecule has 0 aromatic rings. The Morgan fingerprint density at radius 1 is 1.36 bits per heavy atom. The van der Waals surface area contributed by atoms with E-state index in [1.54, 1.807) is 11.9 Å². The molecule has 0 saturated carbocycles. The van der Waals surface area contributed by atoms with E-state index in [-0.39, 0.29) is 30.3 Å². The van der Waals surface area contributed by atoms with Gasteiger partial charge < -0.3 is 19.3 Å². The summed E-state index contributed by atoms with van der Waals surface area (Å²) in [5, 5.41) is 0. The summed E-state index contributed by atoms with van der Waals surface area (Å²) in [5.41, 5.74) is -0.524. The largest absolute Gasteiger partial charge is 0.469 e. The summed E-state index contributed by atoms with van der Waals surface area (Å²) < 4.78 is 9.92. The van der Waals surface area contributed by atoms with Crippen LogP contribution in [0.15, 0.2) is 0 Å². The molecule has 1 saturated heterocycles. The number of esters is 1. The number of hydrogen-bond acceptors (Lipinski definition) is 5. The Morgan fingerprint density at radius 3 is 2.55 bits per heavy atom. The second-order valence-electron chi connectivity index (χ2n) is 6.52. The quantitative estimate of drug-likeness (QED) is 0.714. The van der Waals surface area contributed by atoms with E-state index in [1.807, 2.05) is 20.8 Å². The van der Waals surface area contributed by atoms with Crippen molar-refractivity contribution in [2.75, 3.05) is 33.8 Å². The van der Waals surface area contributed by atoms with E-state index in [0.29, 0.717) is 26.1 Å². The molecule has 0 spiro atoms. The smallest absolute Gasteiger partial charge is 0.410 e. The van der Waals surface area contributed by atoms with Crippen LogP contribution in [-0.2, 0) is 19.1 Å². The highest BCUT2D eigenvalue weighted by Crippen LogP contribution is 2.19. The molecule has 126 valence electrons. The molecule has 1 fully saturated rings. The van der Waals surface area contributed by atoms with Crippen LogP contribution in [0.4, 0.5) is 4.79 Å². The van der Waals surface area contributed by atoms with Gasteiger partial charge in [-0.3, -0.25) is 9.59 Å². The molecular formula is C15H26N2O5. The van der Waals surface area contributed by atoms with Crippen LogP contribution >= 0.6 is 0 Å². The minimum absolute atomic E-state index is 0.0460. The Bertz CT molecular complexity index is 430. The van der Waals surface area contributed by atoms with Crippen LogP contribution in [-0.4, -0.2) is 67.2 Å². The van der Waals surface area contributed by atoms with E-state index in [1.165, 1.54) is 12.0 Å². The van der Waals surface area contributed by atoms with Crippen LogP contribution in [0, 0.1) is 5.92 Å². The predicted octanol–water partition coefficient (Wildman–Crippen LogP) is 1.26. The number of nitrogens with zero attached hydrogens (tertiary/aromatic N) is 2. The van der Waals surface area contributed by atoms with Gasteiger partial charge in [0.05, 0.1) is 13.0 Å². The first kappa shape index (κ1) is 18.3. The zero-order chi connectivity index (χ0) is 16.9. The maximum atomic E-state index is 11.8. The van der Waals surface area contributed by atoms with Crippen LogP contribution in [0.1, 0.15) is 33.6 Å². The fourth-order valence-electron chi connectivity index (χ4n) is 2.24. The van der Waals surface area contributed by atoms with Crippen molar-refractivity contribution in [3.63, 3.8) is 0 Å². The normalized spacial score (nSPS) is 18.3. The highest BCUT2D eigenvalue weighted by Gasteiger charge is 2.34. The highest BCUT2D eigenvalue weighted by molar-refractivity contribution is 5.86. The third kappa shape index (κ3) is 5.54. The first-order valence-corrected chi connectivity index (χ1v) is 7.43. The van der Waals surface area contributed by atoms with Crippen molar-refractivity contribution in [3.05, 3.63) is 0 Å². The number of ether oxygens (including phenoxy) is 2. The molecule has 1 unspecified atom stereocenters. The standard InChI is InChI=1S/C15H26N2O5/c1-15(2,3)22-14(20)16(4)7-6-8-17-10-11(9-12(17)18)13(19)21-5/h11H,6-10H2,1-5H3. The van der Waals surface area contributed by atoms with E-state index in [2.05, 4.69) is 4.74 Å². The lowest BCUT2D eigenvalue weighted by atomic mass is 10.1. The summed E-state index contributed by atoms with van der Waals surface area (Å²) >= 11 is 0. The van der Waals surface area contributed by atoms with Crippen molar-refractivity contribution in [3.8, 4) is 0 Å². The highest BCUT2D eigenvalue weighted by atomic mass is 16.6. The van der Waals surface area contributed by atoms with Crippen molar-refractivity contribution in [2.24, 2.45) is 5.92 Å². The Hall–Kier alpha value is -1.79. The minimum atomic E-state index is -0.524. The van der Waals surface area contributed by atoms with E-state index in [0.717, 1.165) is 0 Å². The third-order valence-corrected chi connectivity index (χ3v) is 3.38. The second-order valence-corrected chi connectivity index (χ2v) is 6.52. The second kappa shape index (κ2) is 7.47. The number of methoxy groups -OCH3 is 1. The number of rotatable bonds is 5. The lowest BCUT2D eigenvalue weighted by Crippen LogP contribution is -2.36. The van der Waals surface area contributed by atoms with Gasteiger partial charge in [-0.25, -0.2) is 4.79 Å². The van der Waals surface area contributed by atoms with Gasteiger partial charge in [0, 0.05) is 33.1 Å². The van der Waals surface area contributed by atoms with E-state index in [9.17, 15) is 14.4 Å². The Morgan fingerprint density at radius 2 is 2.00 bits per heavy atom. The average Bonchev–Trinajstić information content (AvgIpc) is 2.77. The van der Waals surface area contributed by atoms with Gasteiger partial charge in [0.1, 0.15) is 5.60 Å². The van der Waals surface area contributed by atoms with Crippen molar-refractivity contribution >= 4 is 18.0 Å². The maximum absolute atomic E-state index is 11.8. The van der Waals surface area contributed by atoms with Crippen molar-refractivity contribution < 1.29 is 23.9 Å². The van der Waals surface area contributed by atoms with Crippen LogP contribution in [0.5, 0.6) is 0 Å². The molecule has 0 aromatic heterocycles. The number of likely N-dealkylation sites (tertiary alicyclic amines) is 1. The summed E-state index contributed by atoms with van der Waals surface area (Å²) in [7, 11) is 2.99. The average molecular weight is 314 g/mol. The number of carbonyl (C=O) groups is 3. The lowest BCUT2D eigenvalue weighted by molar-refractivity contribution is -0.145. The zero-order valence-corrected chi connectivity index (χ0v) is 14.0. The topological polar surface area (TPSA) is 76.2 Å². The fraction of sp³-hybridized carbons (Fsp3) is 0.800. The van der Waals surface area contributed by atoms with E-state index in [4.69, 9.17) is 4.74 Å². The Labute approximate surface area is 131 Å². The fourth-order valence-corrected chi connectivity index (χ4v) is 2.24. The number of hydrogen-bond donors (Lipinski definition) is 0. The molecule has 0 N–H and O–H groups in total. The van der Waals surface area contributed by atoms with Crippen LogP contribution in [0.2, 0.25) is 0 Å². The zero-order valence-electron chi connectivity index (χ0n) is 14.0. The van der Waals surface area contributed by atoms with Gasteiger partial charge in [0.15, 0.2) is 0 Å². The summed E-state index contributed by atoms with van der Waals surface area (Å²) in [6.45, 7) is 6.83. The molecule has 22 heavy (non-hydrogen) atoms. The van der Waals surface area contributed by atoms with Gasteiger partial charge in [-0.15, -0.1) is 0 Å². The lowest BCUT2D eigenvalue weighted by Gasteiger charge is -2.25. The summed E-state index contributed by atoms with van der Waals surface area (Å²) in [4.78, 5) is 38.2. The molecule has 1 atom stereocenters. The molecule has 7 heteroatoms. The molecule has 1 aliphatic heterocycles. The molecule has 7 nitrogen and oxygen atoms in total. The Kier molecular flexibility index (Phi) is 6.20. The van der Waals surface area contributed by atoms with E-state index >= 15 is 0 Å². The number of amides is 2. The summed E-state index contributed by atoms with van der Waals surface area (Å²) in [6, 6.07) is 0. The first-order valence-electron chi connectivity index (χ1n) is 7.43. The van der Waals surface area contributed by atoms with Gasteiger partial charge in [0.25, 0.3) is 0 Å². The summed E-state index contributed by atoms with van der Waals surface area (Å²) in [6.07, 6.45) is 0.455. The SMILES string of the molecule is COC(=O)C1CC(=O)N(CCCN(C)C(=O)OC(C)(C)C)C1. The van der Waals surface area contributed by atoms with Crippen LogP contribution in [0.25, 0.3) is 0 Å². The molecule has 2 amide bonds. The molecule has 1 heterocycles. The summed E-state index contributed by atoms with van der Waals surface area (Å²) in [5.74, 6) is -0.766. The third-order valence-electron chi connectivity index (χ3n) is 3.38. The van der Waals surface area contributed by atoms with Gasteiger partial charge in [-0.1, -0.05) is 0 Å². The predicted molar refractivity (Wildman–Crippen MR) is 80.2 cm³/mol. The molecule has 0 bridgehead atoms.